The second-order valence-corrected chi connectivity index (χ2v) is 4.34. The van der Waals surface area contributed by atoms with Crippen molar-refractivity contribution in [3.63, 3.8) is 0 Å². The number of halogens is 4. The maximum atomic E-state index is 13.6. The predicted octanol–water partition coefficient (Wildman–Crippen LogP) is 2.89. The molecule has 0 spiro atoms. The van der Waals surface area contributed by atoms with E-state index in [9.17, 15) is 17.6 Å². The Labute approximate surface area is 113 Å². The SMILES string of the molecule is CNC(c1ccc(C(F)(F)F)c(F)c1)c1ccnn1C. The fraction of sp³-hybridized carbons (Fsp3) is 0.308. The van der Waals surface area contributed by atoms with Gasteiger partial charge in [0.25, 0.3) is 0 Å². The third kappa shape index (κ3) is 2.67. The number of hydrogen-bond acceptors (Lipinski definition) is 2. The highest BCUT2D eigenvalue weighted by atomic mass is 19.4. The van der Waals surface area contributed by atoms with Crippen molar-refractivity contribution in [1.29, 1.82) is 0 Å². The van der Waals surface area contributed by atoms with Crippen LogP contribution in [-0.2, 0) is 13.2 Å². The van der Waals surface area contributed by atoms with Crippen LogP contribution in [0, 0.1) is 5.82 Å². The van der Waals surface area contributed by atoms with Crippen LogP contribution in [-0.4, -0.2) is 16.8 Å². The lowest BCUT2D eigenvalue weighted by molar-refractivity contribution is -0.140. The number of rotatable bonds is 3. The molecule has 1 heterocycles. The van der Waals surface area contributed by atoms with Crippen LogP contribution in [0.4, 0.5) is 17.6 Å². The molecule has 0 saturated heterocycles. The Bertz CT molecular complexity index is 604. The van der Waals surface area contributed by atoms with Gasteiger partial charge in [-0.15, -0.1) is 0 Å². The van der Waals surface area contributed by atoms with Gasteiger partial charge < -0.3 is 5.32 Å². The molecule has 0 amide bonds. The van der Waals surface area contributed by atoms with Crippen LogP contribution in [0.1, 0.15) is 22.9 Å². The van der Waals surface area contributed by atoms with E-state index in [-0.39, 0.29) is 0 Å². The summed E-state index contributed by atoms with van der Waals surface area (Å²) in [5, 5.41) is 6.93. The summed E-state index contributed by atoms with van der Waals surface area (Å²) in [4.78, 5) is 0. The number of aromatic nitrogens is 2. The lowest BCUT2D eigenvalue weighted by Crippen LogP contribution is -2.21. The van der Waals surface area contributed by atoms with E-state index >= 15 is 0 Å². The van der Waals surface area contributed by atoms with Gasteiger partial charge in [0, 0.05) is 13.2 Å². The quantitative estimate of drug-likeness (QED) is 0.880. The molecule has 0 aliphatic heterocycles. The van der Waals surface area contributed by atoms with Crippen molar-refractivity contribution in [3.05, 3.63) is 53.1 Å². The first-order chi connectivity index (χ1) is 9.34. The van der Waals surface area contributed by atoms with Crippen LogP contribution in [0.5, 0.6) is 0 Å². The van der Waals surface area contributed by atoms with E-state index in [1.807, 2.05) is 0 Å². The Kier molecular flexibility index (Phi) is 3.80. The molecule has 0 saturated carbocycles. The molecule has 0 aliphatic rings. The molecule has 1 N–H and O–H groups in total. The highest BCUT2D eigenvalue weighted by molar-refractivity contribution is 5.32. The van der Waals surface area contributed by atoms with Crippen LogP contribution in [0.15, 0.2) is 30.5 Å². The topological polar surface area (TPSA) is 29.9 Å². The van der Waals surface area contributed by atoms with Crippen molar-refractivity contribution < 1.29 is 17.6 Å². The monoisotopic (exact) mass is 287 g/mol. The maximum Gasteiger partial charge on any atom is 0.419 e. The predicted molar refractivity (Wildman–Crippen MR) is 65.5 cm³/mol. The molecule has 2 rings (SSSR count). The highest BCUT2D eigenvalue weighted by Gasteiger charge is 2.34. The molecule has 1 unspecified atom stereocenters. The smallest absolute Gasteiger partial charge is 0.308 e. The normalized spacial score (nSPS) is 13.5. The van der Waals surface area contributed by atoms with E-state index in [1.54, 1.807) is 31.0 Å². The minimum atomic E-state index is -4.69. The van der Waals surface area contributed by atoms with Crippen molar-refractivity contribution in [2.75, 3.05) is 7.05 Å². The lowest BCUT2D eigenvalue weighted by atomic mass is 10.0. The van der Waals surface area contributed by atoms with Crippen LogP contribution < -0.4 is 5.32 Å². The molecule has 1 aromatic carbocycles. The van der Waals surface area contributed by atoms with Gasteiger partial charge in [0.1, 0.15) is 5.82 Å². The zero-order valence-electron chi connectivity index (χ0n) is 10.9. The molecule has 20 heavy (non-hydrogen) atoms. The van der Waals surface area contributed by atoms with Crippen LogP contribution in [0.3, 0.4) is 0 Å². The van der Waals surface area contributed by atoms with Gasteiger partial charge in [-0.05, 0) is 30.8 Å². The standard InChI is InChI=1S/C13H13F4N3/c1-18-12(11-5-6-19-20(11)2)8-3-4-9(10(14)7-8)13(15,16)17/h3-7,12,18H,1-2H3. The Hall–Kier alpha value is -1.89. The van der Waals surface area contributed by atoms with Gasteiger partial charge in [-0.3, -0.25) is 4.68 Å². The largest absolute Gasteiger partial charge is 0.419 e. The van der Waals surface area contributed by atoms with E-state index < -0.39 is 23.6 Å². The summed E-state index contributed by atoms with van der Waals surface area (Å²) in [5.41, 5.74) is -0.130. The van der Waals surface area contributed by atoms with Crippen LogP contribution in [0.25, 0.3) is 0 Å². The summed E-state index contributed by atoms with van der Waals surface area (Å²) in [6.07, 6.45) is -3.12. The minimum Gasteiger partial charge on any atom is -0.308 e. The third-order valence-electron chi connectivity index (χ3n) is 3.08. The zero-order valence-corrected chi connectivity index (χ0v) is 10.9. The van der Waals surface area contributed by atoms with Crippen molar-refractivity contribution in [3.8, 4) is 0 Å². The molecule has 0 radical (unpaired) electrons. The molecular weight excluding hydrogens is 274 g/mol. The van der Waals surface area contributed by atoms with Crippen molar-refractivity contribution in [1.82, 2.24) is 15.1 Å². The molecule has 1 atom stereocenters. The Morgan fingerprint density at radius 2 is 1.95 bits per heavy atom. The lowest BCUT2D eigenvalue weighted by Gasteiger charge is -2.18. The summed E-state index contributed by atoms with van der Waals surface area (Å²) in [5.74, 6) is -1.28. The first-order valence-electron chi connectivity index (χ1n) is 5.86. The first-order valence-corrected chi connectivity index (χ1v) is 5.86. The Balaban J connectivity index is 2.43. The second-order valence-electron chi connectivity index (χ2n) is 4.34. The fourth-order valence-corrected chi connectivity index (χ4v) is 2.09. The van der Waals surface area contributed by atoms with Crippen molar-refractivity contribution in [2.45, 2.75) is 12.2 Å². The molecule has 1 aromatic heterocycles. The van der Waals surface area contributed by atoms with Gasteiger partial charge in [0.2, 0.25) is 0 Å². The van der Waals surface area contributed by atoms with E-state index in [1.165, 1.54) is 6.07 Å². The summed E-state index contributed by atoms with van der Waals surface area (Å²) in [6.45, 7) is 0. The molecule has 7 heteroatoms. The van der Waals surface area contributed by atoms with E-state index in [2.05, 4.69) is 10.4 Å². The summed E-state index contributed by atoms with van der Waals surface area (Å²) in [6, 6.07) is 4.21. The Morgan fingerprint density at radius 3 is 2.40 bits per heavy atom. The summed E-state index contributed by atoms with van der Waals surface area (Å²) < 4.78 is 52.8. The molecular formula is C13H13F4N3. The van der Waals surface area contributed by atoms with E-state index in [0.29, 0.717) is 5.56 Å². The number of nitrogens with one attached hydrogen (secondary N) is 1. The zero-order chi connectivity index (χ0) is 14.9. The van der Waals surface area contributed by atoms with Gasteiger partial charge in [-0.25, -0.2) is 4.39 Å². The number of alkyl halides is 3. The Morgan fingerprint density at radius 1 is 1.25 bits per heavy atom. The third-order valence-corrected chi connectivity index (χ3v) is 3.08. The van der Waals surface area contributed by atoms with Crippen molar-refractivity contribution in [2.24, 2.45) is 7.05 Å². The number of hydrogen-bond donors (Lipinski definition) is 1. The minimum absolute atomic E-state index is 0.404. The highest BCUT2D eigenvalue weighted by Crippen LogP contribution is 2.33. The molecule has 2 aromatic rings. The summed E-state index contributed by atoms with van der Waals surface area (Å²) in [7, 11) is 3.35. The van der Waals surface area contributed by atoms with Gasteiger partial charge in [0.15, 0.2) is 0 Å². The first kappa shape index (κ1) is 14.5. The average Bonchev–Trinajstić information content (AvgIpc) is 2.75. The molecule has 108 valence electrons. The maximum absolute atomic E-state index is 13.6. The molecule has 0 bridgehead atoms. The molecule has 0 aliphatic carbocycles. The average molecular weight is 287 g/mol. The second kappa shape index (κ2) is 5.24. The van der Waals surface area contributed by atoms with Crippen LogP contribution >= 0.6 is 0 Å². The van der Waals surface area contributed by atoms with Gasteiger partial charge >= 0.3 is 6.18 Å². The van der Waals surface area contributed by atoms with Gasteiger partial charge in [-0.1, -0.05) is 6.07 Å². The van der Waals surface area contributed by atoms with Gasteiger partial charge in [-0.2, -0.15) is 18.3 Å². The summed E-state index contributed by atoms with van der Waals surface area (Å²) >= 11 is 0. The number of benzene rings is 1. The number of nitrogens with zero attached hydrogens (tertiary/aromatic N) is 2. The van der Waals surface area contributed by atoms with Crippen molar-refractivity contribution >= 4 is 0 Å². The van der Waals surface area contributed by atoms with Crippen LogP contribution in [0.2, 0.25) is 0 Å². The van der Waals surface area contributed by atoms with Gasteiger partial charge in [0.05, 0.1) is 17.3 Å². The van der Waals surface area contributed by atoms with E-state index in [4.69, 9.17) is 0 Å². The molecule has 3 nitrogen and oxygen atoms in total. The number of aryl methyl sites for hydroxylation is 1. The fourth-order valence-electron chi connectivity index (χ4n) is 2.09. The molecule has 0 fully saturated rings. The van der Waals surface area contributed by atoms with E-state index in [0.717, 1.165) is 17.8 Å².